The molecule has 0 saturated carbocycles. The molecule has 4 aromatic heterocycles. The molecule has 2 amide bonds. The molecule has 81 heavy (non-hydrogen) atoms. The quantitative estimate of drug-likeness (QED) is 0.0830. The predicted molar refractivity (Wildman–Crippen MR) is 310 cm³/mol. The average molecular weight is 1100 g/mol. The fourth-order valence-corrected chi connectivity index (χ4v) is 14.1. The van der Waals surface area contributed by atoms with Crippen molar-refractivity contribution in [1.82, 2.24) is 55.2 Å². The number of aliphatic hydroxyl groups is 1. The lowest BCUT2D eigenvalue weighted by Crippen LogP contribution is -2.51. The van der Waals surface area contributed by atoms with Crippen LogP contribution < -0.4 is 25.2 Å². The fourth-order valence-electron chi connectivity index (χ4n) is 14.1. The number of phenolic OH excluding ortho intramolecular Hbond substituents is 1. The van der Waals surface area contributed by atoms with Gasteiger partial charge in [0, 0.05) is 120 Å². The third-order valence-corrected chi connectivity index (χ3v) is 18.5. The van der Waals surface area contributed by atoms with Crippen molar-refractivity contribution >= 4 is 45.1 Å². The summed E-state index contributed by atoms with van der Waals surface area (Å²) >= 11 is 0. The zero-order valence-corrected chi connectivity index (χ0v) is 47.2. The minimum atomic E-state index is -0.812. The summed E-state index contributed by atoms with van der Waals surface area (Å²) in [6.45, 7) is 17.7. The van der Waals surface area contributed by atoms with Crippen molar-refractivity contribution in [3.63, 3.8) is 0 Å². The normalized spacial score (nSPS) is 23.1. The monoisotopic (exact) mass is 1100 g/mol. The van der Waals surface area contributed by atoms with Gasteiger partial charge in [0.2, 0.25) is 11.8 Å². The smallest absolute Gasteiger partial charge is 0.319 e. The summed E-state index contributed by atoms with van der Waals surface area (Å²) in [6, 6.07) is 22.0. The predicted octanol–water partition coefficient (Wildman–Crippen LogP) is 6.84. The molecule has 3 unspecified atom stereocenters. The van der Waals surface area contributed by atoms with Crippen LogP contribution in [0.2, 0.25) is 0 Å². The maximum atomic E-state index is 14.5. The number of nitrogens with one attached hydrogen (secondary N) is 2. The number of pyridine rings is 1. The van der Waals surface area contributed by atoms with Gasteiger partial charge in [-0.25, -0.2) is 0 Å². The van der Waals surface area contributed by atoms with Gasteiger partial charge in [-0.2, -0.15) is 15.1 Å². The maximum absolute atomic E-state index is 14.5. The lowest BCUT2D eigenvalue weighted by atomic mass is 9.79. The Bertz CT molecular complexity index is 3450. The number of β-amino-alcohol motifs (C(OH)–C–C–N with tert-alkyl or cyclic N) is 1. The molecule has 5 saturated heterocycles. The molecule has 13 rings (SSSR count). The Hall–Kier alpha value is -7.19. The van der Waals surface area contributed by atoms with Gasteiger partial charge in [0.05, 0.1) is 34.4 Å². The van der Waals surface area contributed by atoms with Crippen molar-refractivity contribution in [1.29, 1.82) is 0 Å². The van der Waals surface area contributed by atoms with E-state index < -0.39 is 18.1 Å². The molecule has 7 aromatic rings. The molecule has 2 bridgehead atoms. The second-order valence-electron chi connectivity index (χ2n) is 24.1. The van der Waals surface area contributed by atoms with Gasteiger partial charge in [0.1, 0.15) is 30.1 Å². The molecule has 6 aliphatic rings. The topological polar surface area (TPSA) is 207 Å². The highest BCUT2D eigenvalue weighted by molar-refractivity contribution is 6.06. The van der Waals surface area contributed by atoms with Crippen molar-refractivity contribution < 1.29 is 29.1 Å². The van der Waals surface area contributed by atoms with Crippen LogP contribution in [-0.4, -0.2) is 169 Å². The number of piperidine rings is 1. The Kier molecular flexibility index (Phi) is 14.4. The van der Waals surface area contributed by atoms with Gasteiger partial charge in [-0.05, 0) is 103 Å². The zero-order chi connectivity index (χ0) is 55.6. The van der Waals surface area contributed by atoms with Crippen LogP contribution in [0.5, 0.6) is 11.8 Å². The van der Waals surface area contributed by atoms with E-state index in [1.54, 1.807) is 6.20 Å². The number of piperazine rings is 2. The largest absolute Gasteiger partial charge is 0.508 e. The van der Waals surface area contributed by atoms with Gasteiger partial charge in [0.15, 0.2) is 11.6 Å². The molecule has 0 radical (unpaired) electrons. The maximum Gasteiger partial charge on any atom is 0.319 e. The van der Waals surface area contributed by atoms with E-state index in [0.717, 1.165) is 152 Å². The van der Waals surface area contributed by atoms with E-state index in [0.29, 0.717) is 42.2 Å². The highest BCUT2D eigenvalue weighted by atomic mass is 16.5. The van der Waals surface area contributed by atoms with Crippen LogP contribution in [0.1, 0.15) is 100 Å². The van der Waals surface area contributed by atoms with Gasteiger partial charge in [-0.1, -0.05) is 68.4 Å². The van der Waals surface area contributed by atoms with Crippen molar-refractivity contribution in [3.05, 3.63) is 102 Å². The van der Waals surface area contributed by atoms with Crippen LogP contribution in [0, 0.1) is 11.8 Å². The van der Waals surface area contributed by atoms with Gasteiger partial charge in [0.25, 0.3) is 0 Å². The first kappa shape index (κ1) is 53.1. The Labute approximate surface area is 472 Å². The third kappa shape index (κ3) is 10.4. The highest BCUT2D eigenvalue weighted by Gasteiger charge is 2.44. The standard InChI is InChI=1S/C62H75N13O6/c1-36(2)54(61(79)75-35-46(77)29-51(75)60(78)65-38(4)40-9-11-41(12-10-40)50-15-18-64-70(50)5)52-30-53(69-81-52)73-23-21-72(22-24-73)32-39-16-19-71(20-17-39)25-26-80-62-67-58-49(59(68-62)74-33-43-13-14-44(34-74)66-43)31-63-57-48-28-45(76)27-42-7-6-8-47(56(42)48)37(3)55(57)58/h6-12,15,18,27-28,30-31,36-39,43-44,46,51,54,66,76-77H,13-14,16-17,19-26,29,32-35H2,1-5H3,(H,65,78)/t37?,38-,43?,44?,46+,51-,54-/m0/s1. The molecule has 19 nitrogen and oxygen atoms in total. The number of aryl methyl sites for hydroxylation is 1. The molecular weight excluding hydrogens is 1020 g/mol. The number of amides is 2. The first-order valence-electron chi connectivity index (χ1n) is 29.4. The third-order valence-electron chi connectivity index (χ3n) is 18.5. The van der Waals surface area contributed by atoms with Crippen LogP contribution in [-0.2, 0) is 16.6 Å². The lowest BCUT2D eigenvalue weighted by Gasteiger charge is -2.38. The first-order chi connectivity index (χ1) is 39.3. The average Bonchev–Trinajstić information content (AvgIpc) is 4.43. The number of aliphatic hydroxyl groups excluding tert-OH is 1. The Balaban J connectivity index is 0.603. The number of phenols is 1. The van der Waals surface area contributed by atoms with E-state index in [9.17, 15) is 19.8 Å². The van der Waals surface area contributed by atoms with Crippen molar-refractivity contribution in [2.75, 3.05) is 88.4 Å². The Morgan fingerprint density at radius 3 is 2.41 bits per heavy atom. The van der Waals surface area contributed by atoms with Gasteiger partial charge in [-0.15, -0.1) is 0 Å². The number of carbonyl (C=O) groups excluding carboxylic acids is 2. The number of anilines is 2. The summed E-state index contributed by atoms with van der Waals surface area (Å²) in [5.41, 5.74) is 7.87. The molecular formula is C62H75N13O6. The number of nitrogens with zero attached hydrogens (tertiary/aromatic N) is 11. The summed E-state index contributed by atoms with van der Waals surface area (Å²) in [6.07, 6.45) is 7.63. The fraction of sp³-hybridized carbons (Fsp3) is 0.500. The molecule has 5 aliphatic heterocycles. The van der Waals surface area contributed by atoms with E-state index >= 15 is 0 Å². The zero-order valence-electron chi connectivity index (χ0n) is 47.2. The van der Waals surface area contributed by atoms with E-state index in [-0.39, 0.29) is 48.4 Å². The number of hydrogen-bond donors (Lipinski definition) is 4. The summed E-state index contributed by atoms with van der Waals surface area (Å²) in [4.78, 5) is 55.1. The van der Waals surface area contributed by atoms with E-state index in [1.165, 1.54) is 10.5 Å². The van der Waals surface area contributed by atoms with Crippen molar-refractivity contribution in [2.24, 2.45) is 18.9 Å². The van der Waals surface area contributed by atoms with Crippen LogP contribution in [0.4, 0.5) is 11.6 Å². The second-order valence-corrected chi connectivity index (χ2v) is 24.1. The van der Waals surface area contributed by atoms with Gasteiger partial charge >= 0.3 is 6.01 Å². The van der Waals surface area contributed by atoms with E-state index in [2.05, 4.69) is 65.6 Å². The first-order valence-corrected chi connectivity index (χ1v) is 29.4. The Morgan fingerprint density at radius 2 is 1.67 bits per heavy atom. The number of rotatable bonds is 15. The van der Waals surface area contributed by atoms with E-state index in [4.69, 9.17) is 24.2 Å². The SMILES string of the molecule is CC1c2c(ncc3c(N4CC5CCC(C4)N5)nc(OCCN4CCC(CN5CCN(c6cc([C@@H](C(=O)N7C[C@H](O)C[C@H]7C(=O)N[C@@H](C)c7ccc(-c8ccnn8C)cc7)C(C)C)on6)CC5)CC4)nc23)-c2cc(O)cc3cccc1c23. The molecule has 5 fully saturated rings. The van der Waals surface area contributed by atoms with Crippen molar-refractivity contribution in [2.45, 2.75) is 102 Å². The summed E-state index contributed by atoms with van der Waals surface area (Å²) in [5, 5.41) is 40.4. The minimum absolute atomic E-state index is 0.0285. The molecule has 1 aliphatic carbocycles. The van der Waals surface area contributed by atoms with Crippen LogP contribution in [0.25, 0.3) is 44.2 Å². The second kappa shape index (κ2) is 21.9. The minimum Gasteiger partial charge on any atom is -0.508 e. The number of benzene rings is 3. The Morgan fingerprint density at radius 1 is 0.889 bits per heavy atom. The highest BCUT2D eigenvalue weighted by Crippen LogP contribution is 2.49. The number of ether oxygens (including phenoxy) is 1. The van der Waals surface area contributed by atoms with Crippen molar-refractivity contribution in [3.8, 4) is 34.3 Å². The molecule has 0 spiro atoms. The van der Waals surface area contributed by atoms with Gasteiger partial charge < -0.3 is 44.8 Å². The molecule has 9 heterocycles. The molecule has 424 valence electrons. The summed E-state index contributed by atoms with van der Waals surface area (Å²) in [7, 11) is 1.90. The molecule has 4 N–H and O–H groups in total. The number of fused-ring (bicyclic) bond motifs is 6. The number of likely N-dealkylation sites (tertiary alicyclic amines) is 2. The molecule has 19 heteroatoms. The summed E-state index contributed by atoms with van der Waals surface area (Å²) in [5.74, 6) is 1.59. The molecule has 3 aromatic carbocycles. The number of aromatic hydroxyl groups is 1. The van der Waals surface area contributed by atoms with E-state index in [1.807, 2.05) is 87.2 Å². The van der Waals surface area contributed by atoms with Crippen LogP contribution >= 0.6 is 0 Å². The lowest BCUT2D eigenvalue weighted by molar-refractivity contribution is -0.141. The summed E-state index contributed by atoms with van der Waals surface area (Å²) < 4.78 is 14.4. The number of carbonyl (C=O) groups is 2. The van der Waals surface area contributed by atoms with Gasteiger partial charge in [-0.3, -0.25) is 29.1 Å². The van der Waals surface area contributed by atoms with Crippen LogP contribution in [0.15, 0.2) is 83.6 Å². The number of aromatic nitrogens is 6. The van der Waals surface area contributed by atoms with Crippen LogP contribution in [0.3, 0.4) is 0 Å². The number of hydrogen-bond acceptors (Lipinski definition) is 16. The molecule has 7 atom stereocenters.